The number of aromatic nitrogens is 2. The van der Waals surface area contributed by atoms with E-state index < -0.39 is 11.9 Å². The Labute approximate surface area is 213 Å². The molecule has 0 radical (unpaired) electrons. The number of carbonyl (C=O) groups is 1. The summed E-state index contributed by atoms with van der Waals surface area (Å²) in [5.74, 6) is 1.04. The number of oxazole rings is 1. The van der Waals surface area contributed by atoms with Crippen LogP contribution in [0.4, 0.5) is 13.2 Å². The van der Waals surface area contributed by atoms with Crippen LogP contribution in [0.5, 0.6) is 5.75 Å². The average molecular weight is 517 g/mol. The molecule has 0 bridgehead atoms. The number of nitrogens with zero attached hydrogens (tertiary/aromatic N) is 2. The number of carbonyl (C=O) groups excluding carboxylic acids is 1. The van der Waals surface area contributed by atoms with E-state index in [-0.39, 0.29) is 23.7 Å². The normalized spacial score (nSPS) is 12.5. The van der Waals surface area contributed by atoms with Crippen LogP contribution in [0.25, 0.3) is 22.4 Å². The summed E-state index contributed by atoms with van der Waals surface area (Å²) in [6.45, 7) is 4.13. The van der Waals surface area contributed by atoms with Crippen molar-refractivity contribution in [3.8, 4) is 17.2 Å². The standard InChI is InChI=1S/C16H14F3N3O2.C9H12.C2H5NO/c1-8-12(7-20)24-15(21-8)10-3-5-11(23-2)14-9(10)4-6-13(22-14)16(17,18)19;1-2-9-7-5-3-4-6-8-9;1-3-2-4/h3-6H,7,20H2,1-2H3;3-7H,2,8H2,1H3;2H,1H3,(H,3,4). The topological polar surface area (TPSA) is 103 Å². The van der Waals surface area contributed by atoms with Crippen molar-refractivity contribution in [2.24, 2.45) is 5.73 Å². The Morgan fingerprint density at radius 3 is 2.46 bits per heavy atom. The summed E-state index contributed by atoms with van der Waals surface area (Å²) in [5.41, 5.74) is 7.35. The van der Waals surface area contributed by atoms with Crippen molar-refractivity contribution in [3.63, 3.8) is 0 Å². The third-order valence-electron chi connectivity index (χ3n) is 5.28. The Balaban J connectivity index is 0.000000306. The highest BCUT2D eigenvalue weighted by molar-refractivity contribution is 5.96. The van der Waals surface area contributed by atoms with E-state index in [9.17, 15) is 13.2 Å². The number of hydrogen-bond donors (Lipinski definition) is 2. The number of nitrogens with two attached hydrogens (primary N) is 1. The van der Waals surface area contributed by atoms with Crippen LogP contribution >= 0.6 is 0 Å². The maximum absolute atomic E-state index is 12.9. The SMILES string of the molecule is CCC1=CC=CC=CC1.CNC=O.COc1ccc(-c2nc(C)c(CN)o2)c2ccc(C(F)(F)F)nc12. The van der Waals surface area contributed by atoms with Crippen molar-refractivity contribution in [2.75, 3.05) is 14.2 Å². The molecule has 0 unspecified atom stereocenters. The summed E-state index contributed by atoms with van der Waals surface area (Å²) < 4.78 is 49.5. The molecule has 0 saturated carbocycles. The van der Waals surface area contributed by atoms with E-state index in [1.807, 2.05) is 0 Å². The number of benzene rings is 1. The van der Waals surface area contributed by atoms with Crippen molar-refractivity contribution in [1.29, 1.82) is 0 Å². The molecule has 0 atom stereocenters. The molecule has 3 N–H and O–H groups in total. The minimum absolute atomic E-state index is 0.0926. The van der Waals surface area contributed by atoms with Crippen LogP contribution in [0.15, 0.2) is 64.6 Å². The van der Waals surface area contributed by atoms with E-state index in [2.05, 4.69) is 52.6 Å². The van der Waals surface area contributed by atoms with Gasteiger partial charge in [0.05, 0.1) is 19.3 Å². The van der Waals surface area contributed by atoms with Gasteiger partial charge in [0.1, 0.15) is 22.7 Å². The molecule has 0 saturated heterocycles. The number of rotatable bonds is 5. The van der Waals surface area contributed by atoms with Crippen LogP contribution in [-0.2, 0) is 17.5 Å². The van der Waals surface area contributed by atoms with Gasteiger partial charge in [-0.2, -0.15) is 13.2 Å². The van der Waals surface area contributed by atoms with Gasteiger partial charge in [-0.3, -0.25) is 4.79 Å². The highest BCUT2D eigenvalue weighted by Gasteiger charge is 2.33. The first-order valence-corrected chi connectivity index (χ1v) is 11.5. The molecule has 1 aliphatic rings. The lowest BCUT2D eigenvalue weighted by atomic mass is 10.1. The Morgan fingerprint density at radius 1 is 1.16 bits per heavy atom. The number of halogens is 3. The Bertz CT molecular complexity index is 1280. The predicted octanol–water partition coefficient (Wildman–Crippen LogP) is 5.89. The van der Waals surface area contributed by atoms with Gasteiger partial charge < -0.3 is 20.2 Å². The summed E-state index contributed by atoms with van der Waals surface area (Å²) in [6, 6.07) is 5.46. The lowest BCUT2D eigenvalue weighted by Crippen LogP contribution is -2.08. The van der Waals surface area contributed by atoms with E-state index in [1.54, 1.807) is 20.0 Å². The highest BCUT2D eigenvalue weighted by Crippen LogP contribution is 2.36. The lowest BCUT2D eigenvalue weighted by molar-refractivity contribution is -0.141. The van der Waals surface area contributed by atoms with E-state index >= 15 is 0 Å². The zero-order chi connectivity index (χ0) is 27.4. The fraction of sp³-hybridized carbons (Fsp3) is 0.296. The molecular formula is C27H31F3N4O3. The number of hydrogen-bond acceptors (Lipinski definition) is 6. The van der Waals surface area contributed by atoms with Gasteiger partial charge in [-0.1, -0.05) is 42.9 Å². The molecule has 2 heterocycles. The molecule has 0 spiro atoms. The molecular weight excluding hydrogens is 485 g/mol. The summed E-state index contributed by atoms with van der Waals surface area (Å²) in [5, 5.41) is 2.70. The predicted molar refractivity (Wildman–Crippen MR) is 138 cm³/mol. The van der Waals surface area contributed by atoms with Gasteiger partial charge in [-0.25, -0.2) is 9.97 Å². The number of methoxy groups -OCH3 is 1. The molecule has 1 aliphatic carbocycles. The third-order valence-corrected chi connectivity index (χ3v) is 5.28. The van der Waals surface area contributed by atoms with Crippen molar-refractivity contribution in [1.82, 2.24) is 15.3 Å². The highest BCUT2D eigenvalue weighted by atomic mass is 19.4. The van der Waals surface area contributed by atoms with Gasteiger partial charge in [0, 0.05) is 18.0 Å². The molecule has 4 rings (SSSR count). The summed E-state index contributed by atoms with van der Waals surface area (Å²) in [7, 11) is 2.94. The smallest absolute Gasteiger partial charge is 0.433 e. The number of amides is 1. The van der Waals surface area contributed by atoms with Crippen LogP contribution in [0.2, 0.25) is 0 Å². The second-order valence-corrected chi connectivity index (χ2v) is 7.74. The number of aryl methyl sites for hydroxylation is 1. The lowest BCUT2D eigenvalue weighted by Gasteiger charge is -2.11. The zero-order valence-electron chi connectivity index (χ0n) is 21.2. The van der Waals surface area contributed by atoms with Crippen molar-refractivity contribution in [3.05, 3.63) is 77.4 Å². The Kier molecular flexibility index (Phi) is 11.1. The number of allylic oxidation sites excluding steroid dienone is 6. The third kappa shape index (κ3) is 8.04. The molecule has 198 valence electrons. The first-order valence-electron chi connectivity index (χ1n) is 11.5. The van der Waals surface area contributed by atoms with Crippen LogP contribution in [0, 0.1) is 6.92 Å². The van der Waals surface area contributed by atoms with Gasteiger partial charge in [-0.15, -0.1) is 0 Å². The monoisotopic (exact) mass is 516 g/mol. The van der Waals surface area contributed by atoms with E-state index in [1.165, 1.54) is 31.2 Å². The maximum Gasteiger partial charge on any atom is 0.433 e. The van der Waals surface area contributed by atoms with Gasteiger partial charge in [-0.05, 0) is 44.0 Å². The maximum atomic E-state index is 12.9. The molecule has 1 aromatic carbocycles. The summed E-state index contributed by atoms with van der Waals surface area (Å²) in [4.78, 5) is 17.1. The van der Waals surface area contributed by atoms with Gasteiger partial charge in [0.2, 0.25) is 12.3 Å². The van der Waals surface area contributed by atoms with Gasteiger partial charge in [0.15, 0.2) is 0 Å². The number of pyridine rings is 1. The molecule has 10 heteroatoms. The molecule has 0 aliphatic heterocycles. The molecule has 7 nitrogen and oxygen atoms in total. The van der Waals surface area contributed by atoms with Crippen molar-refractivity contribution >= 4 is 17.3 Å². The Hall–Kier alpha value is -3.92. The minimum Gasteiger partial charge on any atom is -0.494 e. The summed E-state index contributed by atoms with van der Waals surface area (Å²) >= 11 is 0. The second kappa shape index (κ2) is 14.0. The summed E-state index contributed by atoms with van der Waals surface area (Å²) in [6.07, 6.45) is 9.04. The first-order chi connectivity index (χ1) is 17.7. The van der Waals surface area contributed by atoms with E-state index in [4.69, 9.17) is 19.7 Å². The van der Waals surface area contributed by atoms with Crippen LogP contribution in [0.3, 0.4) is 0 Å². The van der Waals surface area contributed by atoms with Crippen molar-refractivity contribution in [2.45, 2.75) is 39.4 Å². The van der Waals surface area contributed by atoms with Gasteiger partial charge >= 0.3 is 6.18 Å². The van der Waals surface area contributed by atoms with Crippen LogP contribution < -0.4 is 15.8 Å². The fourth-order valence-corrected chi connectivity index (χ4v) is 3.32. The quantitative estimate of drug-likeness (QED) is 0.410. The molecule has 1 amide bonds. The minimum atomic E-state index is -4.54. The molecule has 0 fully saturated rings. The molecule has 3 aromatic rings. The van der Waals surface area contributed by atoms with Crippen molar-refractivity contribution < 1.29 is 27.1 Å². The number of alkyl halides is 3. The average Bonchev–Trinajstić information content (AvgIpc) is 3.09. The Morgan fingerprint density at radius 2 is 1.89 bits per heavy atom. The number of nitrogens with one attached hydrogen (secondary N) is 1. The number of ether oxygens (including phenoxy) is 1. The largest absolute Gasteiger partial charge is 0.494 e. The van der Waals surface area contributed by atoms with Crippen LogP contribution in [-0.4, -0.2) is 30.5 Å². The number of fused-ring (bicyclic) bond motifs is 1. The van der Waals surface area contributed by atoms with Crippen LogP contribution in [0.1, 0.15) is 36.9 Å². The molecule has 37 heavy (non-hydrogen) atoms. The van der Waals surface area contributed by atoms with E-state index in [0.29, 0.717) is 28.8 Å². The second-order valence-electron chi connectivity index (χ2n) is 7.74. The first kappa shape index (κ1) is 29.3. The zero-order valence-corrected chi connectivity index (χ0v) is 21.2. The fourth-order valence-electron chi connectivity index (χ4n) is 3.32. The van der Waals surface area contributed by atoms with E-state index in [0.717, 1.165) is 12.5 Å². The molecule has 2 aromatic heterocycles. The van der Waals surface area contributed by atoms with Gasteiger partial charge in [0.25, 0.3) is 0 Å².